The van der Waals surface area contributed by atoms with Crippen LogP contribution >= 0.6 is 23.2 Å². The van der Waals surface area contributed by atoms with Crippen LogP contribution in [0.4, 0.5) is 0 Å². The Labute approximate surface area is 167 Å². The van der Waals surface area contributed by atoms with Crippen molar-refractivity contribution in [2.75, 3.05) is 7.11 Å². The summed E-state index contributed by atoms with van der Waals surface area (Å²) in [7, 11) is -2.25. The number of hydrogen-bond donors (Lipinski definition) is 1. The van der Waals surface area contributed by atoms with Crippen molar-refractivity contribution in [1.82, 2.24) is 14.7 Å². The van der Waals surface area contributed by atoms with Crippen LogP contribution in [0.2, 0.25) is 10.0 Å². The Bertz CT molecular complexity index is 1060. The van der Waals surface area contributed by atoms with Crippen LogP contribution in [0.1, 0.15) is 5.69 Å². The van der Waals surface area contributed by atoms with Crippen LogP contribution in [0, 0.1) is 0 Å². The summed E-state index contributed by atoms with van der Waals surface area (Å²) < 4.78 is 32.6. The van der Waals surface area contributed by atoms with Crippen molar-refractivity contribution in [1.29, 1.82) is 0 Å². The van der Waals surface area contributed by atoms with Gasteiger partial charge in [-0.15, -0.1) is 0 Å². The van der Waals surface area contributed by atoms with E-state index in [4.69, 9.17) is 27.9 Å². The van der Waals surface area contributed by atoms with Crippen LogP contribution < -0.4 is 9.46 Å². The molecule has 0 aliphatic rings. The lowest BCUT2D eigenvalue weighted by molar-refractivity contribution is 0.415. The van der Waals surface area contributed by atoms with E-state index in [0.29, 0.717) is 11.4 Å². The predicted molar refractivity (Wildman–Crippen MR) is 105 cm³/mol. The molecule has 0 spiro atoms. The molecule has 1 N–H and O–H groups in total. The molecule has 0 fully saturated rings. The summed E-state index contributed by atoms with van der Waals surface area (Å²) in [4.78, 5) is 8.26. The van der Waals surface area contributed by atoms with Gasteiger partial charge in [0.1, 0.15) is 17.0 Å². The lowest BCUT2D eigenvalue weighted by Gasteiger charge is -2.09. The van der Waals surface area contributed by atoms with Crippen molar-refractivity contribution in [3.05, 3.63) is 70.6 Å². The van der Waals surface area contributed by atoms with E-state index in [0.717, 1.165) is 11.3 Å². The smallest absolute Gasteiger partial charge is 0.242 e. The van der Waals surface area contributed by atoms with E-state index in [1.54, 1.807) is 13.2 Å². The number of nitrogens with one attached hydrogen (secondary N) is 1. The Balaban J connectivity index is 1.79. The average molecular weight is 424 g/mol. The average Bonchev–Trinajstić information content (AvgIpc) is 2.69. The number of ether oxygens (including phenoxy) is 1. The minimum atomic E-state index is -3.84. The van der Waals surface area contributed by atoms with Gasteiger partial charge in [0.05, 0.1) is 35.1 Å². The maximum atomic E-state index is 12.5. The largest absolute Gasteiger partial charge is 0.497 e. The molecule has 0 amide bonds. The van der Waals surface area contributed by atoms with Crippen LogP contribution in [-0.2, 0) is 16.6 Å². The second-order valence-corrected chi connectivity index (χ2v) is 8.02. The minimum Gasteiger partial charge on any atom is -0.497 e. The number of halogens is 2. The van der Waals surface area contributed by atoms with E-state index in [1.165, 1.54) is 24.5 Å². The molecule has 0 aliphatic carbocycles. The Morgan fingerprint density at radius 1 is 1.07 bits per heavy atom. The van der Waals surface area contributed by atoms with E-state index < -0.39 is 10.0 Å². The molecule has 0 unspecified atom stereocenters. The summed E-state index contributed by atoms with van der Waals surface area (Å²) in [6, 6.07) is 13.5. The first-order valence-electron chi connectivity index (χ1n) is 7.80. The van der Waals surface area contributed by atoms with Gasteiger partial charge in [0.2, 0.25) is 10.0 Å². The van der Waals surface area contributed by atoms with Crippen LogP contribution in [0.15, 0.2) is 59.8 Å². The fourth-order valence-electron chi connectivity index (χ4n) is 2.35. The molecule has 0 radical (unpaired) electrons. The first-order chi connectivity index (χ1) is 12.9. The number of methoxy groups -OCH3 is 1. The molecular formula is C18H15Cl2N3O3S. The Morgan fingerprint density at radius 2 is 1.81 bits per heavy atom. The lowest BCUT2D eigenvalue weighted by Crippen LogP contribution is -2.24. The number of nitrogens with zero attached hydrogens (tertiary/aromatic N) is 2. The zero-order valence-electron chi connectivity index (χ0n) is 14.2. The highest BCUT2D eigenvalue weighted by Crippen LogP contribution is 2.29. The van der Waals surface area contributed by atoms with Gasteiger partial charge in [-0.3, -0.25) is 0 Å². The molecule has 6 nitrogen and oxygen atoms in total. The highest BCUT2D eigenvalue weighted by molar-refractivity contribution is 7.89. The summed E-state index contributed by atoms with van der Waals surface area (Å²) in [5.74, 6) is 0.735. The number of sulfonamides is 1. The van der Waals surface area contributed by atoms with Crippen molar-refractivity contribution in [3.63, 3.8) is 0 Å². The Morgan fingerprint density at radius 3 is 2.52 bits per heavy atom. The van der Waals surface area contributed by atoms with Crippen molar-refractivity contribution in [2.45, 2.75) is 11.4 Å². The lowest BCUT2D eigenvalue weighted by atomic mass is 10.1. The zero-order chi connectivity index (χ0) is 19.4. The van der Waals surface area contributed by atoms with E-state index >= 15 is 0 Å². The quantitative estimate of drug-likeness (QED) is 0.649. The third-order valence-electron chi connectivity index (χ3n) is 3.76. The highest BCUT2D eigenvalue weighted by atomic mass is 35.5. The van der Waals surface area contributed by atoms with Gasteiger partial charge in [0.25, 0.3) is 0 Å². The number of benzene rings is 2. The zero-order valence-corrected chi connectivity index (χ0v) is 16.5. The van der Waals surface area contributed by atoms with Crippen LogP contribution in [0.3, 0.4) is 0 Å². The number of hydrogen-bond acceptors (Lipinski definition) is 5. The molecular weight excluding hydrogens is 409 g/mol. The Hall–Kier alpha value is -2.19. The SMILES string of the molecule is COc1ccc(-c2cc(CNS(=O)(=O)c3cccc(Cl)c3Cl)ncn2)cc1. The van der Waals surface area contributed by atoms with Gasteiger partial charge in [-0.1, -0.05) is 29.3 Å². The topological polar surface area (TPSA) is 81.2 Å². The molecule has 3 rings (SSSR count). The van der Waals surface area contributed by atoms with Gasteiger partial charge in [-0.2, -0.15) is 0 Å². The molecule has 1 heterocycles. The molecule has 0 saturated carbocycles. The van der Waals surface area contributed by atoms with Gasteiger partial charge in [0, 0.05) is 5.56 Å². The molecule has 0 bridgehead atoms. The molecule has 0 aliphatic heterocycles. The number of rotatable bonds is 6. The monoisotopic (exact) mass is 423 g/mol. The summed E-state index contributed by atoms with van der Waals surface area (Å²) in [5, 5.41) is 0.150. The molecule has 0 saturated heterocycles. The van der Waals surface area contributed by atoms with Crippen molar-refractivity contribution in [2.24, 2.45) is 0 Å². The maximum absolute atomic E-state index is 12.5. The maximum Gasteiger partial charge on any atom is 0.242 e. The highest BCUT2D eigenvalue weighted by Gasteiger charge is 2.19. The molecule has 3 aromatic rings. The van der Waals surface area contributed by atoms with E-state index in [1.807, 2.05) is 24.3 Å². The minimum absolute atomic E-state index is 0.0170. The summed E-state index contributed by atoms with van der Waals surface area (Å²) in [6.07, 6.45) is 1.38. The summed E-state index contributed by atoms with van der Waals surface area (Å²) in [6.45, 7) is -0.0170. The first kappa shape index (κ1) is 19.6. The Kier molecular flexibility index (Phi) is 5.96. The summed E-state index contributed by atoms with van der Waals surface area (Å²) >= 11 is 11.9. The standard InChI is InChI=1S/C18H15Cl2N3O3S/c1-26-14-7-5-12(6-8-14)16-9-13(21-11-22-16)10-23-27(24,25)17-4-2-3-15(19)18(17)20/h2-9,11,23H,10H2,1H3. The van der Waals surface area contributed by atoms with E-state index in [-0.39, 0.29) is 21.5 Å². The molecule has 9 heteroatoms. The fourth-order valence-corrected chi connectivity index (χ4v) is 4.11. The molecule has 140 valence electrons. The van der Waals surface area contributed by atoms with Crippen LogP contribution in [0.25, 0.3) is 11.3 Å². The molecule has 0 atom stereocenters. The van der Waals surface area contributed by atoms with Gasteiger partial charge in [-0.25, -0.2) is 23.1 Å². The van der Waals surface area contributed by atoms with E-state index in [2.05, 4.69) is 14.7 Å². The fraction of sp³-hybridized carbons (Fsp3) is 0.111. The number of aromatic nitrogens is 2. The molecule has 27 heavy (non-hydrogen) atoms. The van der Waals surface area contributed by atoms with Gasteiger partial charge in [-0.05, 0) is 42.5 Å². The second-order valence-electron chi connectivity index (χ2n) is 5.50. The molecule has 1 aromatic heterocycles. The summed E-state index contributed by atoms with van der Waals surface area (Å²) in [5.41, 5.74) is 2.04. The van der Waals surface area contributed by atoms with Gasteiger partial charge in [0.15, 0.2) is 0 Å². The first-order valence-corrected chi connectivity index (χ1v) is 10.0. The van der Waals surface area contributed by atoms with Crippen LogP contribution in [-0.4, -0.2) is 25.5 Å². The van der Waals surface area contributed by atoms with Gasteiger partial charge >= 0.3 is 0 Å². The van der Waals surface area contributed by atoms with Crippen molar-refractivity contribution in [3.8, 4) is 17.0 Å². The molecule has 2 aromatic carbocycles. The van der Waals surface area contributed by atoms with Crippen LogP contribution in [0.5, 0.6) is 5.75 Å². The van der Waals surface area contributed by atoms with Gasteiger partial charge < -0.3 is 4.74 Å². The van der Waals surface area contributed by atoms with Crippen molar-refractivity contribution >= 4 is 33.2 Å². The van der Waals surface area contributed by atoms with E-state index in [9.17, 15) is 8.42 Å². The normalized spacial score (nSPS) is 11.4. The third kappa shape index (κ3) is 4.56. The third-order valence-corrected chi connectivity index (χ3v) is 6.13. The predicted octanol–water partition coefficient (Wildman–Crippen LogP) is 3.94. The second kappa shape index (κ2) is 8.22. The van der Waals surface area contributed by atoms with Crippen molar-refractivity contribution < 1.29 is 13.2 Å².